The highest BCUT2D eigenvalue weighted by molar-refractivity contribution is 5.80. The van der Waals surface area contributed by atoms with Gasteiger partial charge in [-0.1, -0.05) is 41.8 Å². The summed E-state index contributed by atoms with van der Waals surface area (Å²) < 4.78 is 0. The normalized spacial score (nSPS) is 8.75. The SMILES string of the molecule is C#CC(=C(C)C)c1ccccc1. The second kappa shape index (κ2) is 3.78. The van der Waals surface area contributed by atoms with Gasteiger partial charge >= 0.3 is 0 Å². The van der Waals surface area contributed by atoms with Crippen molar-refractivity contribution in [1.29, 1.82) is 0 Å². The van der Waals surface area contributed by atoms with Crippen LogP contribution >= 0.6 is 0 Å². The van der Waals surface area contributed by atoms with Crippen molar-refractivity contribution in [3.05, 3.63) is 41.5 Å². The molecule has 0 amide bonds. The van der Waals surface area contributed by atoms with E-state index in [1.807, 2.05) is 44.2 Å². The molecule has 0 aromatic heterocycles. The van der Waals surface area contributed by atoms with Gasteiger partial charge in [-0.2, -0.15) is 0 Å². The largest absolute Gasteiger partial charge is 0.115 e. The first-order valence-electron chi connectivity index (χ1n) is 3.95. The Labute approximate surface area is 73.9 Å². The summed E-state index contributed by atoms with van der Waals surface area (Å²) in [5, 5.41) is 0. The molecule has 0 heteroatoms. The minimum absolute atomic E-state index is 0.996. The van der Waals surface area contributed by atoms with Gasteiger partial charge in [-0.05, 0) is 19.4 Å². The molecule has 0 saturated heterocycles. The highest BCUT2D eigenvalue weighted by atomic mass is 14.0. The molecule has 0 nitrogen and oxygen atoms in total. The number of hydrogen-bond donors (Lipinski definition) is 0. The van der Waals surface area contributed by atoms with Crippen LogP contribution in [0.2, 0.25) is 0 Å². The molecule has 1 aromatic carbocycles. The van der Waals surface area contributed by atoms with Gasteiger partial charge in [0.2, 0.25) is 0 Å². The van der Waals surface area contributed by atoms with Crippen LogP contribution in [0.3, 0.4) is 0 Å². The van der Waals surface area contributed by atoms with Gasteiger partial charge in [-0.15, -0.1) is 6.42 Å². The van der Waals surface area contributed by atoms with Crippen molar-refractivity contribution in [3.63, 3.8) is 0 Å². The van der Waals surface area contributed by atoms with E-state index in [0.717, 1.165) is 11.1 Å². The van der Waals surface area contributed by atoms with Crippen LogP contribution in [0.4, 0.5) is 0 Å². The van der Waals surface area contributed by atoms with E-state index in [2.05, 4.69) is 5.92 Å². The van der Waals surface area contributed by atoms with E-state index in [1.165, 1.54) is 5.57 Å². The Morgan fingerprint density at radius 2 is 1.75 bits per heavy atom. The minimum Gasteiger partial charge on any atom is -0.115 e. The first-order valence-corrected chi connectivity index (χ1v) is 3.95. The molecule has 0 unspecified atom stereocenters. The number of rotatable bonds is 1. The lowest BCUT2D eigenvalue weighted by molar-refractivity contribution is 1.40. The average molecular weight is 156 g/mol. The molecular formula is C12H12. The molecule has 0 aliphatic rings. The molecule has 0 atom stereocenters. The smallest absolute Gasteiger partial charge is 0.0301 e. The third-order valence-electron chi connectivity index (χ3n) is 1.71. The number of terminal acetylenes is 1. The monoisotopic (exact) mass is 156 g/mol. The van der Waals surface area contributed by atoms with Crippen molar-refractivity contribution in [2.45, 2.75) is 13.8 Å². The second-order valence-electron chi connectivity index (χ2n) is 2.89. The van der Waals surface area contributed by atoms with Crippen LogP contribution in [0, 0.1) is 12.3 Å². The minimum atomic E-state index is 0.996. The van der Waals surface area contributed by atoms with Gasteiger partial charge < -0.3 is 0 Å². The van der Waals surface area contributed by atoms with E-state index in [0.29, 0.717) is 0 Å². The van der Waals surface area contributed by atoms with Crippen LogP contribution in [0.5, 0.6) is 0 Å². The fourth-order valence-electron chi connectivity index (χ4n) is 1.12. The van der Waals surface area contributed by atoms with Crippen LogP contribution in [-0.2, 0) is 0 Å². The van der Waals surface area contributed by atoms with E-state index in [-0.39, 0.29) is 0 Å². The average Bonchev–Trinajstić information content (AvgIpc) is 2.07. The number of hydrogen-bond acceptors (Lipinski definition) is 0. The van der Waals surface area contributed by atoms with Gasteiger partial charge in [-0.3, -0.25) is 0 Å². The first kappa shape index (κ1) is 8.62. The lowest BCUT2D eigenvalue weighted by Crippen LogP contribution is -1.82. The summed E-state index contributed by atoms with van der Waals surface area (Å²) in [5.41, 5.74) is 3.30. The van der Waals surface area contributed by atoms with Crippen LogP contribution < -0.4 is 0 Å². The highest BCUT2D eigenvalue weighted by Gasteiger charge is 1.97. The molecule has 0 saturated carbocycles. The topological polar surface area (TPSA) is 0 Å². The summed E-state index contributed by atoms with van der Waals surface area (Å²) in [6, 6.07) is 10.0. The zero-order chi connectivity index (χ0) is 8.97. The standard InChI is InChI=1S/C12H12/c1-4-12(10(2)3)11-8-6-5-7-9-11/h1,5-9H,2-3H3. The second-order valence-corrected chi connectivity index (χ2v) is 2.89. The molecule has 0 spiro atoms. The molecule has 60 valence electrons. The van der Waals surface area contributed by atoms with Crippen molar-refractivity contribution < 1.29 is 0 Å². The zero-order valence-corrected chi connectivity index (χ0v) is 7.46. The molecule has 1 aromatic rings. The molecule has 12 heavy (non-hydrogen) atoms. The van der Waals surface area contributed by atoms with Crippen molar-refractivity contribution in [2.75, 3.05) is 0 Å². The fourth-order valence-corrected chi connectivity index (χ4v) is 1.12. The maximum absolute atomic E-state index is 5.40. The van der Waals surface area contributed by atoms with Gasteiger partial charge in [0.05, 0.1) is 0 Å². The van der Waals surface area contributed by atoms with E-state index < -0.39 is 0 Å². The summed E-state index contributed by atoms with van der Waals surface area (Å²) in [6.45, 7) is 4.06. The van der Waals surface area contributed by atoms with Crippen molar-refractivity contribution in [1.82, 2.24) is 0 Å². The number of allylic oxidation sites excluding steroid dienone is 2. The Morgan fingerprint density at radius 1 is 1.17 bits per heavy atom. The quantitative estimate of drug-likeness (QED) is 0.548. The van der Waals surface area contributed by atoms with E-state index >= 15 is 0 Å². The van der Waals surface area contributed by atoms with Gasteiger partial charge in [0.25, 0.3) is 0 Å². The van der Waals surface area contributed by atoms with Gasteiger partial charge in [0, 0.05) is 5.57 Å². The van der Waals surface area contributed by atoms with Gasteiger partial charge in [0.1, 0.15) is 0 Å². The van der Waals surface area contributed by atoms with E-state index in [1.54, 1.807) is 0 Å². The van der Waals surface area contributed by atoms with Crippen LogP contribution in [0.25, 0.3) is 5.57 Å². The molecule has 0 bridgehead atoms. The third kappa shape index (κ3) is 1.77. The van der Waals surface area contributed by atoms with Crippen LogP contribution in [-0.4, -0.2) is 0 Å². The Balaban J connectivity index is 3.17. The highest BCUT2D eigenvalue weighted by Crippen LogP contribution is 2.16. The maximum Gasteiger partial charge on any atom is 0.0301 e. The Bertz CT molecular complexity index is 319. The molecule has 0 fully saturated rings. The third-order valence-corrected chi connectivity index (χ3v) is 1.71. The molecule has 0 radical (unpaired) electrons. The first-order chi connectivity index (χ1) is 5.75. The zero-order valence-electron chi connectivity index (χ0n) is 7.46. The lowest BCUT2D eigenvalue weighted by Gasteiger charge is -2.01. The molecule has 0 aliphatic carbocycles. The van der Waals surface area contributed by atoms with Crippen molar-refractivity contribution in [2.24, 2.45) is 0 Å². The lowest BCUT2D eigenvalue weighted by atomic mass is 10.0. The maximum atomic E-state index is 5.40. The fraction of sp³-hybridized carbons (Fsp3) is 0.167. The van der Waals surface area contributed by atoms with E-state index in [4.69, 9.17) is 6.42 Å². The predicted molar refractivity (Wildman–Crippen MR) is 53.5 cm³/mol. The van der Waals surface area contributed by atoms with E-state index in [9.17, 15) is 0 Å². The Kier molecular flexibility index (Phi) is 2.71. The predicted octanol–water partition coefficient (Wildman–Crippen LogP) is 3.11. The summed E-state index contributed by atoms with van der Waals surface area (Å²) in [6.07, 6.45) is 5.40. The summed E-state index contributed by atoms with van der Waals surface area (Å²) >= 11 is 0. The summed E-state index contributed by atoms with van der Waals surface area (Å²) in [7, 11) is 0. The molecule has 0 N–H and O–H groups in total. The van der Waals surface area contributed by atoms with Gasteiger partial charge in [-0.25, -0.2) is 0 Å². The van der Waals surface area contributed by atoms with Gasteiger partial charge in [0.15, 0.2) is 0 Å². The summed E-state index contributed by atoms with van der Waals surface area (Å²) in [5.74, 6) is 2.70. The molecule has 0 aliphatic heterocycles. The molecular weight excluding hydrogens is 144 g/mol. The van der Waals surface area contributed by atoms with Crippen molar-refractivity contribution >= 4 is 5.57 Å². The number of benzene rings is 1. The Morgan fingerprint density at radius 3 is 2.17 bits per heavy atom. The molecule has 1 rings (SSSR count). The van der Waals surface area contributed by atoms with Crippen LogP contribution in [0.1, 0.15) is 19.4 Å². The van der Waals surface area contributed by atoms with Crippen molar-refractivity contribution in [3.8, 4) is 12.3 Å². The molecule has 0 heterocycles. The Hall–Kier alpha value is -1.48. The van der Waals surface area contributed by atoms with Crippen LogP contribution in [0.15, 0.2) is 35.9 Å². The summed E-state index contributed by atoms with van der Waals surface area (Å²) in [4.78, 5) is 0.